The van der Waals surface area contributed by atoms with E-state index >= 15 is 0 Å². The van der Waals surface area contributed by atoms with Gasteiger partial charge in [-0.25, -0.2) is 0 Å². The molecule has 0 saturated carbocycles. The molecule has 0 fully saturated rings. The number of halogens is 1. The van der Waals surface area contributed by atoms with E-state index in [0.29, 0.717) is 33.4 Å². The maximum absolute atomic E-state index is 13.3. The largest absolute Gasteiger partial charge is 0.497 e. The van der Waals surface area contributed by atoms with Crippen LogP contribution in [0.5, 0.6) is 17.2 Å². The second kappa shape index (κ2) is 9.89. The number of hydrogen-bond acceptors (Lipinski definition) is 6. The van der Waals surface area contributed by atoms with Gasteiger partial charge in [0.1, 0.15) is 17.1 Å². The lowest BCUT2D eigenvalue weighted by atomic mass is 10.1. The average Bonchev–Trinajstić information content (AvgIpc) is 2.85. The molecule has 0 bridgehead atoms. The molecule has 174 valence electrons. The molecule has 7 nitrogen and oxygen atoms in total. The highest BCUT2D eigenvalue weighted by Gasteiger charge is 2.20. The van der Waals surface area contributed by atoms with Crippen molar-refractivity contribution in [2.45, 2.75) is 6.92 Å². The van der Waals surface area contributed by atoms with Crippen LogP contribution in [0.4, 0.5) is 5.69 Å². The van der Waals surface area contributed by atoms with E-state index in [1.807, 2.05) is 6.92 Å². The summed E-state index contributed by atoms with van der Waals surface area (Å²) in [5, 5.41) is 3.41. The minimum Gasteiger partial charge on any atom is -0.497 e. The number of nitrogens with one attached hydrogen (secondary N) is 1. The van der Waals surface area contributed by atoms with Gasteiger partial charge in [0.05, 0.1) is 19.6 Å². The van der Waals surface area contributed by atoms with Crippen molar-refractivity contribution < 1.29 is 23.4 Å². The normalized spacial score (nSPS) is 10.7. The van der Waals surface area contributed by atoms with Gasteiger partial charge >= 0.3 is 0 Å². The number of anilines is 1. The number of aryl methyl sites for hydroxylation is 1. The van der Waals surface area contributed by atoms with Gasteiger partial charge < -0.3 is 23.9 Å². The molecule has 0 aliphatic carbocycles. The van der Waals surface area contributed by atoms with E-state index in [1.165, 1.54) is 0 Å². The summed E-state index contributed by atoms with van der Waals surface area (Å²) in [4.78, 5) is 25.8. The molecule has 34 heavy (non-hydrogen) atoms. The molecule has 1 N–H and O–H groups in total. The molecule has 0 radical (unpaired) electrons. The smallest absolute Gasteiger partial charge is 0.262 e. The first-order chi connectivity index (χ1) is 16.4. The highest BCUT2D eigenvalue weighted by Crippen LogP contribution is 2.33. The van der Waals surface area contributed by atoms with Gasteiger partial charge in [-0.2, -0.15) is 0 Å². The van der Waals surface area contributed by atoms with Crippen molar-refractivity contribution in [1.82, 2.24) is 0 Å². The number of methoxy groups -OCH3 is 2. The number of rotatable bonds is 7. The van der Waals surface area contributed by atoms with Crippen LogP contribution < -0.4 is 25.0 Å². The van der Waals surface area contributed by atoms with Crippen LogP contribution in [0.25, 0.3) is 22.3 Å². The molecule has 0 aliphatic heterocycles. The second-order valence-electron chi connectivity index (χ2n) is 7.48. The highest BCUT2D eigenvalue weighted by molar-refractivity contribution is 6.32. The summed E-state index contributed by atoms with van der Waals surface area (Å²) >= 11 is 6.23. The first kappa shape index (κ1) is 23.2. The van der Waals surface area contributed by atoms with Crippen molar-refractivity contribution in [2.75, 3.05) is 26.1 Å². The quantitative estimate of drug-likeness (QED) is 0.379. The molecule has 1 amide bonds. The van der Waals surface area contributed by atoms with Crippen LogP contribution in [0.15, 0.2) is 69.9 Å². The van der Waals surface area contributed by atoms with Crippen LogP contribution in [0.2, 0.25) is 5.02 Å². The minimum absolute atomic E-state index is 0.0810. The predicted octanol–water partition coefficient (Wildman–Crippen LogP) is 5.46. The molecule has 0 unspecified atom stereocenters. The zero-order valence-corrected chi connectivity index (χ0v) is 19.6. The Labute approximate surface area is 200 Å². The van der Waals surface area contributed by atoms with Gasteiger partial charge in [0.25, 0.3) is 5.91 Å². The van der Waals surface area contributed by atoms with Crippen molar-refractivity contribution >= 4 is 34.2 Å². The number of ether oxygens (including phenoxy) is 3. The number of carbonyl (C=O) groups excluding carboxylic acids is 1. The second-order valence-corrected chi connectivity index (χ2v) is 7.89. The fourth-order valence-electron chi connectivity index (χ4n) is 3.37. The minimum atomic E-state index is -0.438. The molecule has 8 heteroatoms. The summed E-state index contributed by atoms with van der Waals surface area (Å²) in [5.41, 5.74) is 1.88. The Morgan fingerprint density at radius 1 is 0.971 bits per heavy atom. The lowest BCUT2D eigenvalue weighted by Gasteiger charge is -2.13. The molecule has 3 aromatic carbocycles. The van der Waals surface area contributed by atoms with E-state index in [4.69, 9.17) is 30.2 Å². The first-order valence-corrected chi connectivity index (χ1v) is 10.8. The van der Waals surface area contributed by atoms with Crippen molar-refractivity contribution in [2.24, 2.45) is 0 Å². The van der Waals surface area contributed by atoms with Crippen molar-refractivity contribution in [3.63, 3.8) is 0 Å². The predicted molar refractivity (Wildman–Crippen MR) is 131 cm³/mol. The Kier molecular flexibility index (Phi) is 6.75. The van der Waals surface area contributed by atoms with Crippen LogP contribution in [0, 0.1) is 6.92 Å². The standard InChI is InChI=1S/C26H22ClNO6/c1-15-12-22-20(13-21(15)27)24(30)26(25(34-22)16-4-8-18(31-2)9-5-16)33-14-23(29)28-17-6-10-19(32-3)11-7-17/h4-13H,14H2,1-3H3,(H,28,29). The van der Waals surface area contributed by atoms with Crippen molar-refractivity contribution in [3.8, 4) is 28.6 Å². The van der Waals surface area contributed by atoms with Crippen LogP contribution in [0.1, 0.15) is 5.56 Å². The van der Waals surface area contributed by atoms with Gasteiger partial charge in [-0.3, -0.25) is 9.59 Å². The molecule has 1 heterocycles. The summed E-state index contributed by atoms with van der Waals surface area (Å²) < 4.78 is 22.1. The summed E-state index contributed by atoms with van der Waals surface area (Å²) in [6.07, 6.45) is 0. The lowest BCUT2D eigenvalue weighted by Crippen LogP contribution is -2.22. The average molecular weight is 480 g/mol. The third kappa shape index (κ3) is 4.84. The van der Waals surface area contributed by atoms with Crippen LogP contribution in [-0.4, -0.2) is 26.7 Å². The number of fused-ring (bicyclic) bond motifs is 1. The van der Waals surface area contributed by atoms with Gasteiger partial charge in [-0.15, -0.1) is 0 Å². The molecular formula is C26H22ClNO6. The summed E-state index contributed by atoms with van der Waals surface area (Å²) in [6, 6.07) is 17.1. The summed E-state index contributed by atoms with van der Waals surface area (Å²) in [7, 11) is 3.12. The molecule has 4 rings (SSSR count). The number of amides is 1. The Morgan fingerprint density at radius 3 is 2.21 bits per heavy atom. The number of carbonyl (C=O) groups is 1. The van der Waals surface area contributed by atoms with Gasteiger partial charge in [0.15, 0.2) is 12.4 Å². The lowest BCUT2D eigenvalue weighted by molar-refractivity contribution is -0.118. The summed E-state index contributed by atoms with van der Waals surface area (Å²) in [5.74, 6) is 1.01. The maximum Gasteiger partial charge on any atom is 0.262 e. The molecule has 0 atom stereocenters. The van der Waals surface area contributed by atoms with Crippen LogP contribution in [0.3, 0.4) is 0 Å². The third-order valence-electron chi connectivity index (χ3n) is 5.20. The van der Waals surface area contributed by atoms with Gasteiger partial charge in [-0.05, 0) is 73.2 Å². The van der Waals surface area contributed by atoms with E-state index in [9.17, 15) is 9.59 Å². The Morgan fingerprint density at radius 2 is 1.59 bits per heavy atom. The van der Waals surface area contributed by atoms with E-state index in [2.05, 4.69) is 5.32 Å². The SMILES string of the molecule is COc1ccc(NC(=O)COc2c(-c3ccc(OC)cc3)oc3cc(C)c(Cl)cc3c2=O)cc1. The van der Waals surface area contributed by atoms with Crippen molar-refractivity contribution in [3.05, 3.63) is 81.5 Å². The number of benzene rings is 3. The van der Waals surface area contributed by atoms with Crippen LogP contribution >= 0.6 is 11.6 Å². The topological polar surface area (TPSA) is 87.0 Å². The maximum atomic E-state index is 13.3. The zero-order valence-electron chi connectivity index (χ0n) is 18.8. The van der Waals surface area contributed by atoms with Gasteiger partial charge in [0.2, 0.25) is 11.2 Å². The Balaban J connectivity index is 1.68. The van der Waals surface area contributed by atoms with E-state index in [-0.39, 0.29) is 16.9 Å². The monoisotopic (exact) mass is 479 g/mol. The first-order valence-electron chi connectivity index (χ1n) is 10.4. The molecule has 4 aromatic rings. The van der Waals surface area contributed by atoms with E-state index < -0.39 is 17.9 Å². The molecule has 0 saturated heterocycles. The molecule has 0 aliphatic rings. The fourth-order valence-corrected chi connectivity index (χ4v) is 3.53. The molecule has 1 aromatic heterocycles. The van der Waals surface area contributed by atoms with Crippen LogP contribution in [-0.2, 0) is 4.79 Å². The fraction of sp³-hybridized carbons (Fsp3) is 0.154. The van der Waals surface area contributed by atoms with Gasteiger partial charge in [-0.1, -0.05) is 11.6 Å². The third-order valence-corrected chi connectivity index (χ3v) is 5.61. The van der Waals surface area contributed by atoms with Gasteiger partial charge in [0, 0.05) is 16.3 Å². The van der Waals surface area contributed by atoms with E-state index in [1.54, 1.807) is 74.9 Å². The summed E-state index contributed by atoms with van der Waals surface area (Å²) in [6.45, 7) is 1.42. The highest BCUT2D eigenvalue weighted by atomic mass is 35.5. The molecule has 0 spiro atoms. The van der Waals surface area contributed by atoms with E-state index in [0.717, 1.165) is 5.56 Å². The Hall–Kier alpha value is -3.97. The zero-order chi connectivity index (χ0) is 24.2. The van der Waals surface area contributed by atoms with Crippen molar-refractivity contribution in [1.29, 1.82) is 0 Å². The molecular weight excluding hydrogens is 458 g/mol. The number of hydrogen-bond donors (Lipinski definition) is 1. The Bertz CT molecular complexity index is 1390.